The largest absolute Gasteiger partial charge is 0.434 e. The van der Waals surface area contributed by atoms with Gasteiger partial charge in [-0.1, -0.05) is 31.2 Å². The Labute approximate surface area is 150 Å². The third kappa shape index (κ3) is 5.27. The molecule has 0 fully saturated rings. The van der Waals surface area contributed by atoms with Crippen LogP contribution in [0.2, 0.25) is 0 Å². The molecule has 0 aliphatic heterocycles. The number of nitrogens with one attached hydrogen (secondary N) is 2. The Kier molecular flexibility index (Phi) is 6.66. The fourth-order valence-electron chi connectivity index (χ4n) is 2.55. The van der Waals surface area contributed by atoms with Crippen LogP contribution in [0.3, 0.4) is 0 Å². The van der Waals surface area contributed by atoms with Gasteiger partial charge in [-0.2, -0.15) is 8.78 Å². The fourth-order valence-corrected chi connectivity index (χ4v) is 2.55. The zero-order chi connectivity index (χ0) is 19.1. The molecule has 2 aromatic carbocycles. The summed E-state index contributed by atoms with van der Waals surface area (Å²) in [4.78, 5) is 23.7. The second-order valence-electron chi connectivity index (χ2n) is 5.61. The van der Waals surface area contributed by atoms with Crippen molar-refractivity contribution in [2.45, 2.75) is 32.9 Å². The molecule has 0 aromatic heterocycles. The first-order valence-electron chi connectivity index (χ1n) is 8.13. The molecule has 0 saturated heterocycles. The van der Waals surface area contributed by atoms with Crippen molar-refractivity contribution >= 4 is 17.5 Å². The van der Waals surface area contributed by atoms with E-state index in [2.05, 4.69) is 15.4 Å². The monoisotopic (exact) mass is 362 g/mol. The van der Waals surface area contributed by atoms with Crippen LogP contribution in [-0.2, 0) is 4.79 Å². The Hall–Kier alpha value is -2.96. The lowest BCUT2D eigenvalue weighted by molar-refractivity contribution is -0.114. The highest BCUT2D eigenvalue weighted by molar-refractivity contribution is 5.97. The predicted octanol–water partition coefficient (Wildman–Crippen LogP) is 4.13. The third-order valence-electron chi connectivity index (χ3n) is 3.67. The van der Waals surface area contributed by atoms with Crippen LogP contribution in [0.1, 0.15) is 42.2 Å². The second kappa shape index (κ2) is 8.94. The lowest BCUT2D eigenvalue weighted by Crippen LogP contribution is -2.28. The average molecular weight is 362 g/mol. The number of rotatable bonds is 7. The summed E-state index contributed by atoms with van der Waals surface area (Å²) in [5, 5.41) is 5.42. The van der Waals surface area contributed by atoms with Crippen LogP contribution in [0.15, 0.2) is 48.5 Å². The van der Waals surface area contributed by atoms with Crippen LogP contribution in [-0.4, -0.2) is 18.4 Å². The summed E-state index contributed by atoms with van der Waals surface area (Å²) < 4.78 is 29.7. The summed E-state index contributed by atoms with van der Waals surface area (Å²) in [7, 11) is 0. The van der Waals surface area contributed by atoms with Crippen LogP contribution in [0.5, 0.6) is 5.75 Å². The molecular weight excluding hydrogens is 342 g/mol. The van der Waals surface area contributed by atoms with Crippen LogP contribution >= 0.6 is 0 Å². The molecule has 0 bridgehead atoms. The van der Waals surface area contributed by atoms with Gasteiger partial charge >= 0.3 is 6.61 Å². The van der Waals surface area contributed by atoms with Gasteiger partial charge in [0.2, 0.25) is 5.91 Å². The molecule has 2 aromatic rings. The standard InChI is InChI=1S/C19H20F2N2O3/c1-3-16(15-9-4-5-10-17(15)26-19(20)21)23-18(25)13-7-6-8-14(11-13)22-12(2)24/h4-11,16,19H,3H2,1-2H3,(H,22,24)(H,23,25). The van der Waals surface area contributed by atoms with E-state index in [1.165, 1.54) is 13.0 Å². The Morgan fingerprint density at radius 3 is 2.50 bits per heavy atom. The van der Waals surface area contributed by atoms with Crippen LogP contribution < -0.4 is 15.4 Å². The normalized spacial score (nSPS) is 11.7. The minimum Gasteiger partial charge on any atom is -0.434 e. The number of carbonyl (C=O) groups excluding carboxylic acids is 2. The molecule has 26 heavy (non-hydrogen) atoms. The highest BCUT2D eigenvalue weighted by Gasteiger charge is 2.19. The topological polar surface area (TPSA) is 67.4 Å². The van der Waals surface area contributed by atoms with E-state index in [4.69, 9.17) is 0 Å². The van der Waals surface area contributed by atoms with E-state index in [0.717, 1.165) is 0 Å². The first-order chi connectivity index (χ1) is 12.4. The number of benzene rings is 2. The zero-order valence-corrected chi connectivity index (χ0v) is 14.5. The fraction of sp³-hybridized carbons (Fsp3) is 0.263. The molecule has 1 unspecified atom stereocenters. The maximum Gasteiger partial charge on any atom is 0.387 e. The van der Waals surface area contributed by atoms with Crippen LogP contribution in [0, 0.1) is 0 Å². The number of carbonyl (C=O) groups is 2. The van der Waals surface area contributed by atoms with Crippen molar-refractivity contribution in [1.29, 1.82) is 0 Å². The summed E-state index contributed by atoms with van der Waals surface area (Å²) in [5.74, 6) is -0.593. The first kappa shape index (κ1) is 19.4. The molecule has 1 atom stereocenters. The van der Waals surface area contributed by atoms with Gasteiger partial charge in [0.05, 0.1) is 6.04 Å². The Bertz CT molecular complexity index is 781. The lowest BCUT2D eigenvalue weighted by atomic mass is 10.0. The Balaban J connectivity index is 2.20. The summed E-state index contributed by atoms with van der Waals surface area (Å²) in [6, 6.07) is 12.3. The molecular formula is C19H20F2N2O3. The summed E-state index contributed by atoms with van der Waals surface area (Å²) >= 11 is 0. The molecule has 2 rings (SSSR count). The number of ether oxygens (including phenoxy) is 1. The van der Waals surface area contributed by atoms with Gasteiger partial charge in [-0.3, -0.25) is 9.59 Å². The molecule has 138 valence electrons. The van der Waals surface area contributed by atoms with Crippen molar-refractivity contribution in [3.63, 3.8) is 0 Å². The molecule has 0 heterocycles. The van der Waals surface area contributed by atoms with Crippen molar-refractivity contribution in [2.75, 3.05) is 5.32 Å². The van der Waals surface area contributed by atoms with Gasteiger partial charge in [0.25, 0.3) is 5.91 Å². The quantitative estimate of drug-likeness (QED) is 0.778. The molecule has 0 aliphatic rings. The lowest BCUT2D eigenvalue weighted by Gasteiger charge is -2.20. The van der Waals surface area contributed by atoms with Crippen LogP contribution in [0.25, 0.3) is 0 Å². The van der Waals surface area contributed by atoms with E-state index in [0.29, 0.717) is 23.2 Å². The van der Waals surface area contributed by atoms with Crippen molar-refractivity contribution in [3.8, 4) is 5.75 Å². The zero-order valence-electron chi connectivity index (χ0n) is 14.5. The SMILES string of the molecule is CCC(NC(=O)c1cccc(NC(C)=O)c1)c1ccccc1OC(F)F. The van der Waals surface area contributed by atoms with Gasteiger partial charge in [-0.05, 0) is 30.7 Å². The number of halogens is 2. The van der Waals surface area contributed by atoms with Crippen molar-refractivity contribution in [3.05, 3.63) is 59.7 Å². The Morgan fingerprint density at radius 1 is 1.12 bits per heavy atom. The maximum atomic E-state index is 12.6. The van der Waals surface area contributed by atoms with Crippen molar-refractivity contribution < 1.29 is 23.1 Å². The van der Waals surface area contributed by atoms with Crippen LogP contribution in [0.4, 0.5) is 14.5 Å². The molecule has 5 nitrogen and oxygen atoms in total. The average Bonchev–Trinajstić information content (AvgIpc) is 2.59. The number of amides is 2. The summed E-state index contributed by atoms with van der Waals surface area (Å²) in [6.45, 7) is 0.260. The molecule has 0 spiro atoms. The molecule has 0 aliphatic carbocycles. The van der Waals surface area contributed by atoms with E-state index >= 15 is 0 Å². The number of hydrogen-bond acceptors (Lipinski definition) is 3. The van der Waals surface area contributed by atoms with E-state index < -0.39 is 12.7 Å². The van der Waals surface area contributed by atoms with Gasteiger partial charge < -0.3 is 15.4 Å². The van der Waals surface area contributed by atoms with E-state index in [-0.39, 0.29) is 17.6 Å². The van der Waals surface area contributed by atoms with Gasteiger partial charge in [-0.25, -0.2) is 0 Å². The van der Waals surface area contributed by atoms with Crippen molar-refractivity contribution in [2.24, 2.45) is 0 Å². The van der Waals surface area contributed by atoms with E-state index in [9.17, 15) is 18.4 Å². The number of anilines is 1. The Morgan fingerprint density at radius 2 is 1.85 bits per heavy atom. The van der Waals surface area contributed by atoms with E-state index in [1.54, 1.807) is 42.5 Å². The molecule has 2 N–H and O–H groups in total. The molecule has 0 radical (unpaired) electrons. The summed E-state index contributed by atoms with van der Waals surface area (Å²) in [5.41, 5.74) is 1.32. The highest BCUT2D eigenvalue weighted by Crippen LogP contribution is 2.28. The minimum absolute atomic E-state index is 0.0293. The third-order valence-corrected chi connectivity index (χ3v) is 3.67. The summed E-state index contributed by atoms with van der Waals surface area (Å²) in [6.07, 6.45) is 0.487. The minimum atomic E-state index is -2.95. The maximum absolute atomic E-state index is 12.6. The predicted molar refractivity (Wildman–Crippen MR) is 94.3 cm³/mol. The van der Waals surface area contributed by atoms with Gasteiger partial charge in [0, 0.05) is 23.7 Å². The van der Waals surface area contributed by atoms with Gasteiger partial charge in [0.15, 0.2) is 0 Å². The number of para-hydroxylation sites is 1. The van der Waals surface area contributed by atoms with E-state index in [1.807, 2.05) is 6.92 Å². The van der Waals surface area contributed by atoms with Gasteiger partial charge in [-0.15, -0.1) is 0 Å². The molecule has 0 saturated carbocycles. The van der Waals surface area contributed by atoms with Gasteiger partial charge in [0.1, 0.15) is 5.75 Å². The smallest absolute Gasteiger partial charge is 0.387 e. The highest BCUT2D eigenvalue weighted by atomic mass is 19.3. The molecule has 7 heteroatoms. The number of hydrogen-bond donors (Lipinski definition) is 2. The first-order valence-corrected chi connectivity index (χ1v) is 8.13. The van der Waals surface area contributed by atoms with Crippen molar-refractivity contribution in [1.82, 2.24) is 5.32 Å². The molecule has 2 amide bonds. The second-order valence-corrected chi connectivity index (χ2v) is 5.61. The number of alkyl halides is 2.